The van der Waals surface area contributed by atoms with Gasteiger partial charge >= 0.3 is 6.18 Å². The largest absolute Gasteiger partial charge is 0.416 e. The first kappa shape index (κ1) is 21.7. The molecule has 2 rings (SSSR count). The van der Waals surface area contributed by atoms with E-state index in [-0.39, 0.29) is 12.2 Å². The predicted molar refractivity (Wildman–Crippen MR) is 101 cm³/mol. The molecule has 0 bridgehead atoms. The normalized spacial score (nSPS) is 13.1. The van der Waals surface area contributed by atoms with Crippen molar-refractivity contribution in [1.82, 2.24) is 4.90 Å². The summed E-state index contributed by atoms with van der Waals surface area (Å²) in [5.74, 6) is -0.535. The monoisotopic (exact) mass is 414 g/mol. The zero-order valence-electron chi connectivity index (χ0n) is 15.6. The van der Waals surface area contributed by atoms with Crippen LogP contribution in [0.3, 0.4) is 0 Å². The van der Waals surface area contributed by atoms with Crippen LogP contribution in [-0.4, -0.2) is 38.6 Å². The molecule has 2 aromatic carbocycles. The number of nitrogens with zero attached hydrogens (tertiary/aromatic N) is 2. The summed E-state index contributed by atoms with van der Waals surface area (Å²) in [5.41, 5.74) is -0.363. The summed E-state index contributed by atoms with van der Waals surface area (Å²) >= 11 is 0. The summed E-state index contributed by atoms with van der Waals surface area (Å²) < 4.78 is 64.3. The van der Waals surface area contributed by atoms with Gasteiger partial charge in [0.25, 0.3) is 0 Å². The molecule has 5 nitrogen and oxygen atoms in total. The number of hydrogen-bond donors (Lipinski definition) is 0. The van der Waals surface area contributed by atoms with E-state index < -0.39 is 33.7 Å². The highest BCUT2D eigenvalue weighted by Gasteiger charge is 2.34. The van der Waals surface area contributed by atoms with Crippen molar-refractivity contribution in [3.05, 3.63) is 65.7 Å². The number of carbonyl (C=O) groups excluding carboxylic acids is 1. The molecule has 152 valence electrons. The standard InChI is InChI=1S/C19H21F3N2O3S/c1-14(18(25)23(2)13-15-8-5-4-6-9-15)24(28(3,26)27)17-11-7-10-16(12-17)19(20,21)22/h4-12,14H,13H2,1-3H3/t14-/m0/s1. The molecular formula is C19H21F3N2O3S. The minimum absolute atomic E-state index is 0.216. The molecular weight excluding hydrogens is 393 g/mol. The molecule has 1 atom stereocenters. The van der Waals surface area contributed by atoms with Gasteiger partial charge in [0.15, 0.2) is 0 Å². The number of alkyl halides is 3. The van der Waals surface area contributed by atoms with Gasteiger partial charge in [-0.15, -0.1) is 0 Å². The fourth-order valence-corrected chi connectivity index (χ4v) is 4.04. The molecule has 0 radical (unpaired) electrons. The zero-order valence-corrected chi connectivity index (χ0v) is 16.5. The van der Waals surface area contributed by atoms with Crippen LogP contribution in [0.25, 0.3) is 0 Å². The van der Waals surface area contributed by atoms with Crippen LogP contribution < -0.4 is 4.31 Å². The van der Waals surface area contributed by atoms with Crippen LogP contribution in [0.2, 0.25) is 0 Å². The van der Waals surface area contributed by atoms with Gasteiger partial charge in [-0.05, 0) is 30.7 Å². The molecule has 28 heavy (non-hydrogen) atoms. The first-order valence-corrected chi connectivity index (χ1v) is 10.2. The van der Waals surface area contributed by atoms with Crippen molar-refractivity contribution in [2.75, 3.05) is 17.6 Å². The van der Waals surface area contributed by atoms with Crippen LogP contribution >= 0.6 is 0 Å². The maximum Gasteiger partial charge on any atom is 0.416 e. The second-order valence-corrected chi connectivity index (χ2v) is 8.32. The minimum Gasteiger partial charge on any atom is -0.340 e. The molecule has 0 aromatic heterocycles. The van der Waals surface area contributed by atoms with E-state index in [0.29, 0.717) is 4.31 Å². The first-order valence-electron chi connectivity index (χ1n) is 8.37. The van der Waals surface area contributed by atoms with Crippen molar-refractivity contribution in [2.24, 2.45) is 0 Å². The number of carbonyl (C=O) groups is 1. The third kappa shape index (κ3) is 5.25. The van der Waals surface area contributed by atoms with Crippen molar-refractivity contribution in [3.63, 3.8) is 0 Å². The Morgan fingerprint density at radius 1 is 1.07 bits per heavy atom. The molecule has 0 aliphatic heterocycles. The van der Waals surface area contributed by atoms with E-state index in [9.17, 15) is 26.4 Å². The van der Waals surface area contributed by atoms with E-state index in [1.165, 1.54) is 24.9 Å². The van der Waals surface area contributed by atoms with Crippen LogP contribution in [0.4, 0.5) is 18.9 Å². The van der Waals surface area contributed by atoms with Crippen LogP contribution in [0.15, 0.2) is 54.6 Å². The molecule has 0 heterocycles. The summed E-state index contributed by atoms with van der Waals surface area (Å²) in [5, 5.41) is 0. The smallest absolute Gasteiger partial charge is 0.340 e. The molecule has 0 fully saturated rings. The summed E-state index contributed by atoms with van der Waals surface area (Å²) in [7, 11) is -2.50. The molecule has 0 aliphatic carbocycles. The molecule has 0 aliphatic rings. The summed E-state index contributed by atoms with van der Waals surface area (Å²) in [6, 6.07) is 11.8. The van der Waals surface area contributed by atoms with Crippen molar-refractivity contribution < 1.29 is 26.4 Å². The van der Waals surface area contributed by atoms with Gasteiger partial charge in [-0.2, -0.15) is 13.2 Å². The van der Waals surface area contributed by atoms with E-state index in [4.69, 9.17) is 0 Å². The lowest BCUT2D eigenvalue weighted by Crippen LogP contribution is -2.48. The highest BCUT2D eigenvalue weighted by Crippen LogP contribution is 2.33. The quantitative estimate of drug-likeness (QED) is 0.727. The van der Waals surface area contributed by atoms with Crippen LogP contribution in [0.1, 0.15) is 18.1 Å². The Hall–Kier alpha value is -2.55. The second kappa shape index (κ2) is 8.22. The van der Waals surface area contributed by atoms with Crippen LogP contribution in [0.5, 0.6) is 0 Å². The third-order valence-corrected chi connectivity index (χ3v) is 5.37. The molecule has 0 unspecified atom stereocenters. The summed E-state index contributed by atoms with van der Waals surface area (Å²) in [6.45, 7) is 1.59. The minimum atomic E-state index is -4.63. The highest BCUT2D eigenvalue weighted by atomic mass is 32.2. The number of benzene rings is 2. The van der Waals surface area contributed by atoms with Gasteiger partial charge in [0.1, 0.15) is 6.04 Å². The molecule has 1 amide bonds. The van der Waals surface area contributed by atoms with E-state index >= 15 is 0 Å². The van der Waals surface area contributed by atoms with Gasteiger partial charge in [-0.25, -0.2) is 8.42 Å². The second-order valence-electron chi connectivity index (χ2n) is 6.46. The average molecular weight is 414 g/mol. The molecule has 0 saturated heterocycles. The SMILES string of the molecule is C[C@@H](C(=O)N(C)Cc1ccccc1)N(c1cccc(C(F)(F)F)c1)S(C)(=O)=O. The van der Waals surface area contributed by atoms with E-state index in [0.717, 1.165) is 30.0 Å². The number of likely N-dealkylation sites (N-methyl/N-ethyl adjacent to an activating group) is 1. The van der Waals surface area contributed by atoms with E-state index in [1.807, 2.05) is 30.3 Å². The number of amides is 1. The Labute approximate surface area is 162 Å². The Morgan fingerprint density at radius 3 is 2.21 bits per heavy atom. The van der Waals surface area contributed by atoms with Gasteiger partial charge in [0, 0.05) is 13.6 Å². The number of hydrogen-bond acceptors (Lipinski definition) is 3. The van der Waals surface area contributed by atoms with Crippen molar-refractivity contribution in [1.29, 1.82) is 0 Å². The lowest BCUT2D eigenvalue weighted by atomic mass is 10.1. The van der Waals surface area contributed by atoms with E-state index in [2.05, 4.69) is 0 Å². The third-order valence-electron chi connectivity index (χ3n) is 4.13. The first-order chi connectivity index (χ1) is 12.9. The van der Waals surface area contributed by atoms with Crippen molar-refractivity contribution >= 4 is 21.6 Å². The summed E-state index contributed by atoms with van der Waals surface area (Å²) in [4.78, 5) is 14.1. The Balaban J connectivity index is 2.34. The number of sulfonamides is 1. The van der Waals surface area contributed by atoms with Crippen molar-refractivity contribution in [2.45, 2.75) is 25.7 Å². The molecule has 0 spiro atoms. The van der Waals surface area contributed by atoms with Crippen molar-refractivity contribution in [3.8, 4) is 0 Å². The predicted octanol–water partition coefficient (Wildman–Crippen LogP) is 3.52. The fourth-order valence-electron chi connectivity index (χ4n) is 2.88. The Bertz CT molecular complexity index is 931. The fraction of sp³-hybridized carbons (Fsp3) is 0.316. The topological polar surface area (TPSA) is 57.7 Å². The lowest BCUT2D eigenvalue weighted by Gasteiger charge is -2.31. The number of anilines is 1. The van der Waals surface area contributed by atoms with Gasteiger partial charge in [-0.1, -0.05) is 36.4 Å². The van der Waals surface area contributed by atoms with Crippen LogP contribution in [0, 0.1) is 0 Å². The zero-order chi connectivity index (χ0) is 21.1. The molecule has 0 N–H and O–H groups in total. The number of rotatable bonds is 6. The Kier molecular flexibility index (Phi) is 6.38. The van der Waals surface area contributed by atoms with Crippen LogP contribution in [-0.2, 0) is 27.5 Å². The summed E-state index contributed by atoms with van der Waals surface area (Å²) in [6.07, 6.45) is -3.77. The lowest BCUT2D eigenvalue weighted by molar-refractivity contribution is -0.137. The van der Waals surface area contributed by atoms with Gasteiger partial charge < -0.3 is 4.90 Å². The maximum atomic E-state index is 13.0. The number of halogens is 3. The maximum absolute atomic E-state index is 13.0. The Morgan fingerprint density at radius 2 is 1.68 bits per heavy atom. The van der Waals surface area contributed by atoms with Gasteiger partial charge in [0.05, 0.1) is 17.5 Å². The molecule has 0 saturated carbocycles. The molecule has 2 aromatic rings. The van der Waals surface area contributed by atoms with E-state index in [1.54, 1.807) is 0 Å². The van der Waals surface area contributed by atoms with Gasteiger partial charge in [0.2, 0.25) is 15.9 Å². The van der Waals surface area contributed by atoms with Gasteiger partial charge in [-0.3, -0.25) is 9.10 Å². The molecule has 9 heteroatoms. The highest BCUT2D eigenvalue weighted by molar-refractivity contribution is 7.92. The average Bonchev–Trinajstić information content (AvgIpc) is 2.60.